The summed E-state index contributed by atoms with van der Waals surface area (Å²) in [6.45, 7) is 1.36. The molecule has 0 radical (unpaired) electrons. The molecule has 138 valence electrons. The number of carboxylic acids is 1. The number of aryl methyl sites for hydroxylation is 1. The van der Waals surface area contributed by atoms with Gasteiger partial charge in [0.2, 0.25) is 10.0 Å². The van der Waals surface area contributed by atoms with Gasteiger partial charge >= 0.3 is 5.97 Å². The Balaban J connectivity index is 1.87. The Morgan fingerprint density at radius 3 is 2.44 bits per heavy atom. The smallest absolute Gasteiger partial charge is 0.326 e. The lowest BCUT2D eigenvalue weighted by Crippen LogP contribution is -2.41. The van der Waals surface area contributed by atoms with E-state index < -0.39 is 27.9 Å². The quantitative estimate of drug-likeness (QED) is 0.850. The maximum absolute atomic E-state index is 12.8. The normalized spacial score (nSPS) is 22.3. The molecule has 0 aliphatic carbocycles. The molecule has 8 nitrogen and oxygen atoms in total. The van der Waals surface area contributed by atoms with Crippen LogP contribution >= 0.6 is 0 Å². The van der Waals surface area contributed by atoms with Gasteiger partial charge in [-0.25, -0.2) is 13.2 Å². The molecule has 0 unspecified atom stereocenters. The third kappa shape index (κ3) is 3.30. The summed E-state index contributed by atoms with van der Waals surface area (Å²) in [7, 11) is -2.02. The van der Waals surface area contributed by atoms with Gasteiger partial charge in [0.05, 0.1) is 0 Å². The maximum Gasteiger partial charge on any atom is 0.326 e. The lowest BCUT2D eigenvalue weighted by molar-refractivity contribution is -0.141. The summed E-state index contributed by atoms with van der Waals surface area (Å²) in [6, 6.07) is 0.522. The number of nitrogens with zero attached hydrogens (tertiary/aromatic N) is 3. The van der Waals surface area contributed by atoms with Gasteiger partial charge in [-0.2, -0.15) is 4.31 Å². The van der Waals surface area contributed by atoms with E-state index in [4.69, 9.17) is 0 Å². The Labute approximate surface area is 147 Å². The third-order valence-electron chi connectivity index (χ3n) is 4.95. The number of carbonyl (C=O) groups is 2. The van der Waals surface area contributed by atoms with Crippen molar-refractivity contribution in [2.24, 2.45) is 7.05 Å². The number of hydrogen-bond acceptors (Lipinski definition) is 4. The van der Waals surface area contributed by atoms with Gasteiger partial charge in [-0.15, -0.1) is 0 Å². The monoisotopic (exact) mass is 369 g/mol. The van der Waals surface area contributed by atoms with E-state index in [0.717, 1.165) is 19.3 Å². The summed E-state index contributed by atoms with van der Waals surface area (Å²) in [5, 5.41) is 9.25. The largest absolute Gasteiger partial charge is 0.480 e. The van der Waals surface area contributed by atoms with E-state index in [1.807, 2.05) is 0 Å². The molecule has 2 fully saturated rings. The second-order valence-electron chi connectivity index (χ2n) is 6.63. The molecule has 1 amide bonds. The van der Waals surface area contributed by atoms with Crippen molar-refractivity contribution in [2.45, 2.75) is 43.0 Å². The maximum atomic E-state index is 12.8. The van der Waals surface area contributed by atoms with Crippen LogP contribution in [0.3, 0.4) is 0 Å². The highest BCUT2D eigenvalue weighted by Gasteiger charge is 2.36. The molecule has 2 aliphatic heterocycles. The molecule has 0 spiro atoms. The van der Waals surface area contributed by atoms with Crippen molar-refractivity contribution >= 4 is 21.9 Å². The van der Waals surface area contributed by atoms with Crippen LogP contribution in [0.15, 0.2) is 17.2 Å². The number of amides is 1. The Morgan fingerprint density at radius 2 is 1.80 bits per heavy atom. The molecule has 1 aromatic rings. The SMILES string of the molecule is Cn1cc(S(=O)(=O)N2CCCCC2)cc1C(=O)N1CCC[C@H]1C(=O)O. The molecule has 1 aromatic heterocycles. The molecule has 3 rings (SSSR count). The van der Waals surface area contributed by atoms with E-state index in [-0.39, 0.29) is 10.6 Å². The van der Waals surface area contributed by atoms with Crippen molar-refractivity contribution in [1.82, 2.24) is 13.8 Å². The summed E-state index contributed by atoms with van der Waals surface area (Å²) in [5.74, 6) is -1.46. The molecule has 0 saturated carbocycles. The number of likely N-dealkylation sites (tertiary alicyclic amines) is 1. The minimum Gasteiger partial charge on any atom is -0.480 e. The highest BCUT2D eigenvalue weighted by Crippen LogP contribution is 2.25. The number of carbonyl (C=O) groups excluding carboxylic acids is 1. The fourth-order valence-electron chi connectivity index (χ4n) is 3.56. The predicted molar refractivity (Wildman–Crippen MR) is 89.7 cm³/mol. The predicted octanol–water partition coefficient (Wildman–Crippen LogP) is 0.889. The fourth-order valence-corrected chi connectivity index (χ4v) is 5.14. The van der Waals surface area contributed by atoms with Crippen molar-refractivity contribution in [2.75, 3.05) is 19.6 Å². The first-order valence-corrected chi connectivity index (χ1v) is 9.96. The van der Waals surface area contributed by atoms with Crippen molar-refractivity contribution in [3.63, 3.8) is 0 Å². The second kappa shape index (κ2) is 6.80. The van der Waals surface area contributed by atoms with E-state index in [1.54, 1.807) is 7.05 Å². The van der Waals surface area contributed by atoms with Crippen molar-refractivity contribution in [3.8, 4) is 0 Å². The average Bonchev–Trinajstić information content (AvgIpc) is 3.22. The average molecular weight is 369 g/mol. The van der Waals surface area contributed by atoms with Crippen LogP contribution in [0.2, 0.25) is 0 Å². The zero-order chi connectivity index (χ0) is 18.2. The van der Waals surface area contributed by atoms with Gasteiger partial charge in [0.25, 0.3) is 5.91 Å². The number of piperidine rings is 1. The van der Waals surface area contributed by atoms with Crippen LogP contribution < -0.4 is 0 Å². The zero-order valence-corrected chi connectivity index (χ0v) is 15.0. The first-order chi connectivity index (χ1) is 11.8. The third-order valence-corrected chi connectivity index (χ3v) is 6.81. The summed E-state index contributed by atoms with van der Waals surface area (Å²) >= 11 is 0. The molecule has 25 heavy (non-hydrogen) atoms. The fraction of sp³-hybridized carbons (Fsp3) is 0.625. The van der Waals surface area contributed by atoms with Crippen molar-refractivity contribution in [3.05, 3.63) is 18.0 Å². The number of hydrogen-bond donors (Lipinski definition) is 1. The van der Waals surface area contributed by atoms with E-state index >= 15 is 0 Å². The Kier molecular flexibility index (Phi) is 4.88. The van der Waals surface area contributed by atoms with Gasteiger partial charge in [0.15, 0.2) is 0 Å². The van der Waals surface area contributed by atoms with Gasteiger partial charge in [0, 0.05) is 32.9 Å². The summed E-state index contributed by atoms with van der Waals surface area (Å²) in [4.78, 5) is 25.4. The molecule has 2 saturated heterocycles. The van der Waals surface area contributed by atoms with Crippen LogP contribution in [0.5, 0.6) is 0 Å². The van der Waals surface area contributed by atoms with E-state index in [9.17, 15) is 23.1 Å². The van der Waals surface area contributed by atoms with Crippen LogP contribution in [0, 0.1) is 0 Å². The van der Waals surface area contributed by atoms with Gasteiger partial charge in [-0.05, 0) is 31.7 Å². The Bertz CT molecular complexity index is 780. The van der Waals surface area contributed by atoms with E-state index in [2.05, 4.69) is 0 Å². The molecule has 9 heteroatoms. The van der Waals surface area contributed by atoms with Crippen LogP contribution in [-0.2, 0) is 21.9 Å². The van der Waals surface area contributed by atoms with E-state index in [1.165, 1.54) is 26.0 Å². The number of sulfonamides is 1. The molecule has 1 atom stereocenters. The van der Waals surface area contributed by atoms with Gasteiger partial charge in [0.1, 0.15) is 16.6 Å². The van der Waals surface area contributed by atoms with Crippen molar-refractivity contribution < 1.29 is 23.1 Å². The Hall–Kier alpha value is -1.87. The van der Waals surface area contributed by atoms with Gasteiger partial charge < -0.3 is 14.6 Å². The highest BCUT2D eigenvalue weighted by atomic mass is 32.2. The summed E-state index contributed by atoms with van der Waals surface area (Å²) < 4.78 is 28.4. The van der Waals surface area contributed by atoms with Crippen LogP contribution in [0.1, 0.15) is 42.6 Å². The molecular weight excluding hydrogens is 346 g/mol. The van der Waals surface area contributed by atoms with Crippen LogP contribution in [-0.4, -0.2) is 64.8 Å². The molecular formula is C16H23N3O5S. The molecule has 2 aliphatic rings. The van der Waals surface area contributed by atoms with Gasteiger partial charge in [-0.3, -0.25) is 4.79 Å². The van der Waals surface area contributed by atoms with Gasteiger partial charge in [-0.1, -0.05) is 6.42 Å². The first-order valence-electron chi connectivity index (χ1n) is 8.52. The van der Waals surface area contributed by atoms with Crippen LogP contribution in [0.4, 0.5) is 0 Å². The molecule has 3 heterocycles. The molecule has 0 bridgehead atoms. The lowest BCUT2D eigenvalue weighted by Gasteiger charge is -2.25. The minimum atomic E-state index is -3.63. The number of carboxylic acid groups (broad SMARTS) is 1. The second-order valence-corrected chi connectivity index (χ2v) is 8.57. The Morgan fingerprint density at radius 1 is 1.12 bits per heavy atom. The first kappa shape index (κ1) is 17.9. The van der Waals surface area contributed by atoms with Crippen molar-refractivity contribution in [1.29, 1.82) is 0 Å². The lowest BCUT2D eigenvalue weighted by atomic mass is 10.2. The molecule has 0 aromatic carbocycles. The standard InChI is InChI=1S/C16H23N3O5S/c1-17-11-12(25(23,24)18-7-3-2-4-8-18)10-14(17)15(20)19-9-5-6-13(19)16(21)22/h10-11,13H,2-9H2,1H3,(H,21,22)/t13-/m0/s1. The number of aromatic nitrogens is 1. The highest BCUT2D eigenvalue weighted by molar-refractivity contribution is 7.89. The van der Waals surface area contributed by atoms with E-state index in [0.29, 0.717) is 32.5 Å². The number of aliphatic carboxylic acids is 1. The summed E-state index contributed by atoms with van der Waals surface area (Å²) in [5.41, 5.74) is 0.198. The number of rotatable bonds is 4. The minimum absolute atomic E-state index is 0.0892. The topological polar surface area (TPSA) is 99.9 Å². The zero-order valence-electron chi connectivity index (χ0n) is 14.2. The summed E-state index contributed by atoms with van der Waals surface area (Å²) in [6.07, 6.45) is 5.19. The van der Waals surface area contributed by atoms with Crippen LogP contribution in [0.25, 0.3) is 0 Å². The molecule has 1 N–H and O–H groups in total.